The molecule has 0 bridgehead atoms. The summed E-state index contributed by atoms with van der Waals surface area (Å²) in [6.07, 6.45) is 6.04. The summed E-state index contributed by atoms with van der Waals surface area (Å²) in [5, 5.41) is 42.8. The molecule has 178 valence electrons. The average molecular weight is 437 g/mol. The van der Waals surface area contributed by atoms with Crippen molar-refractivity contribution in [2.75, 3.05) is 0 Å². The highest BCUT2D eigenvalue weighted by atomic mass is 16.4. The van der Waals surface area contributed by atoms with E-state index in [0.717, 1.165) is 44.9 Å². The molecule has 0 spiro atoms. The van der Waals surface area contributed by atoms with Crippen molar-refractivity contribution in [2.45, 2.75) is 97.4 Å². The zero-order valence-electron chi connectivity index (χ0n) is 19.8. The Bertz CT molecular complexity index is 666. The number of carboxylic acid groups (broad SMARTS) is 1. The van der Waals surface area contributed by atoms with E-state index >= 15 is 0 Å². The lowest BCUT2D eigenvalue weighted by atomic mass is 9.43. The lowest BCUT2D eigenvalue weighted by Gasteiger charge is -2.63. The van der Waals surface area contributed by atoms with Crippen LogP contribution in [0.1, 0.15) is 79.1 Å². The zero-order chi connectivity index (χ0) is 22.7. The maximum Gasteiger partial charge on any atom is 0.306 e. The first kappa shape index (κ1) is 23.5. The van der Waals surface area contributed by atoms with Gasteiger partial charge in [-0.1, -0.05) is 34.1 Å². The normalized spacial score (nSPS) is 51.3. The molecule has 0 heterocycles. The summed E-state index contributed by atoms with van der Waals surface area (Å²) in [5.41, 5.74) is 0.0806. The summed E-state index contributed by atoms with van der Waals surface area (Å²) in [6.45, 7) is 8.51. The first-order valence-electron chi connectivity index (χ1n) is 12.9. The third-order valence-corrected chi connectivity index (χ3v) is 10.7. The maximum atomic E-state index is 11.6. The number of aliphatic hydroxyl groups excluding tert-OH is 3. The van der Waals surface area contributed by atoms with E-state index in [1.54, 1.807) is 6.92 Å². The Morgan fingerprint density at radius 2 is 1.74 bits per heavy atom. The number of fused-ring (bicyclic) bond motifs is 5. The third-order valence-electron chi connectivity index (χ3n) is 10.7. The van der Waals surface area contributed by atoms with E-state index in [2.05, 4.69) is 20.8 Å². The van der Waals surface area contributed by atoms with Crippen LogP contribution in [-0.4, -0.2) is 44.7 Å². The van der Waals surface area contributed by atoms with Crippen LogP contribution in [0.25, 0.3) is 0 Å². The van der Waals surface area contributed by atoms with Crippen molar-refractivity contribution in [3.05, 3.63) is 0 Å². The minimum absolute atomic E-state index is 0.0806. The van der Waals surface area contributed by atoms with Crippen LogP contribution in [-0.2, 0) is 4.79 Å². The highest BCUT2D eigenvalue weighted by molar-refractivity contribution is 5.69. The Hall–Kier alpha value is -0.650. The fourth-order valence-electron chi connectivity index (χ4n) is 9.19. The number of rotatable bonds is 5. The summed E-state index contributed by atoms with van der Waals surface area (Å²) in [6, 6.07) is 0. The molecule has 13 atom stereocenters. The number of hydrogen-bond donors (Lipinski definition) is 4. The SMILES string of the molecule is CC[C@H]1[C@@H](O)[C@H]2[C@@H]3CC[C@H]([C@H](C)C[C@H](C)C(=O)O)[C@H]3[C@@H](O)C[C@@H]2[C@@]2(C)CC[C@@H](O)C[C@H]12. The minimum atomic E-state index is -0.738. The molecule has 0 aromatic heterocycles. The van der Waals surface area contributed by atoms with Crippen LogP contribution in [0.5, 0.6) is 0 Å². The highest BCUT2D eigenvalue weighted by Gasteiger charge is 2.63. The Morgan fingerprint density at radius 1 is 1.03 bits per heavy atom. The Balaban J connectivity index is 1.61. The molecule has 31 heavy (non-hydrogen) atoms. The fourth-order valence-corrected chi connectivity index (χ4v) is 9.19. The van der Waals surface area contributed by atoms with Gasteiger partial charge < -0.3 is 20.4 Å². The second-order valence-corrected chi connectivity index (χ2v) is 12.0. The zero-order valence-corrected chi connectivity index (χ0v) is 19.8. The van der Waals surface area contributed by atoms with Crippen LogP contribution in [0.15, 0.2) is 0 Å². The first-order chi connectivity index (χ1) is 14.6. The predicted molar refractivity (Wildman–Crippen MR) is 119 cm³/mol. The van der Waals surface area contributed by atoms with Crippen molar-refractivity contribution in [3.8, 4) is 0 Å². The Labute approximate surface area is 187 Å². The first-order valence-corrected chi connectivity index (χ1v) is 12.9. The van der Waals surface area contributed by atoms with Crippen molar-refractivity contribution in [2.24, 2.45) is 58.7 Å². The van der Waals surface area contributed by atoms with Gasteiger partial charge in [0.15, 0.2) is 0 Å². The molecule has 4 rings (SSSR count). The average Bonchev–Trinajstić information content (AvgIpc) is 3.16. The van der Waals surface area contributed by atoms with E-state index in [0.29, 0.717) is 30.1 Å². The van der Waals surface area contributed by atoms with Crippen LogP contribution in [0.2, 0.25) is 0 Å². The molecular weight excluding hydrogens is 392 g/mol. The van der Waals surface area contributed by atoms with Gasteiger partial charge in [0.1, 0.15) is 0 Å². The van der Waals surface area contributed by atoms with Gasteiger partial charge in [-0.25, -0.2) is 0 Å². The number of aliphatic hydroxyl groups is 3. The fraction of sp³-hybridized carbons (Fsp3) is 0.962. The molecule has 0 aromatic rings. The van der Waals surface area contributed by atoms with Gasteiger partial charge in [0, 0.05) is 0 Å². The molecule has 4 N–H and O–H groups in total. The smallest absolute Gasteiger partial charge is 0.306 e. The van der Waals surface area contributed by atoms with Crippen LogP contribution < -0.4 is 0 Å². The lowest BCUT2D eigenvalue weighted by Crippen LogP contribution is -2.62. The largest absolute Gasteiger partial charge is 0.481 e. The second kappa shape index (κ2) is 8.61. The van der Waals surface area contributed by atoms with Gasteiger partial charge in [0.25, 0.3) is 0 Å². The number of carboxylic acids is 1. The lowest BCUT2D eigenvalue weighted by molar-refractivity contribution is -0.208. The Morgan fingerprint density at radius 3 is 2.39 bits per heavy atom. The summed E-state index contributed by atoms with van der Waals surface area (Å²) in [7, 11) is 0. The summed E-state index contributed by atoms with van der Waals surface area (Å²) in [5.74, 6) is 1.10. The molecule has 0 amide bonds. The van der Waals surface area contributed by atoms with E-state index < -0.39 is 5.97 Å². The highest BCUT2D eigenvalue weighted by Crippen LogP contribution is 2.66. The molecule has 0 radical (unpaired) electrons. The van der Waals surface area contributed by atoms with Gasteiger partial charge in [-0.05, 0) is 97.7 Å². The van der Waals surface area contributed by atoms with Gasteiger partial charge in [-0.2, -0.15) is 0 Å². The van der Waals surface area contributed by atoms with E-state index in [-0.39, 0.29) is 53.3 Å². The molecule has 0 aromatic carbocycles. The van der Waals surface area contributed by atoms with Crippen LogP contribution in [0.4, 0.5) is 0 Å². The minimum Gasteiger partial charge on any atom is -0.481 e. The number of carbonyl (C=O) groups is 1. The monoisotopic (exact) mass is 436 g/mol. The van der Waals surface area contributed by atoms with Crippen LogP contribution in [0.3, 0.4) is 0 Å². The molecular formula is C26H44O5. The maximum absolute atomic E-state index is 11.6. The number of aliphatic carboxylic acids is 1. The topological polar surface area (TPSA) is 98.0 Å². The van der Waals surface area contributed by atoms with Crippen molar-refractivity contribution in [1.29, 1.82) is 0 Å². The van der Waals surface area contributed by atoms with E-state index in [9.17, 15) is 25.2 Å². The standard InChI is InChI=1S/C26H44O5/c1-5-16-19-11-15(27)8-9-26(19,4)20-12-21(28)22-17(13(2)10-14(3)25(30)31)6-7-18(22)23(20)24(16)29/h13-24,27-29H,5-12H2,1-4H3,(H,30,31)/t13-,14+,15-,16-,17-,18-,19-,20+,21+,22-,23+,24-,26+/m1/s1. The molecule has 4 saturated carbocycles. The molecule has 5 nitrogen and oxygen atoms in total. The molecule has 0 aliphatic heterocycles. The summed E-state index contributed by atoms with van der Waals surface area (Å²) in [4.78, 5) is 11.4. The van der Waals surface area contributed by atoms with Gasteiger partial charge in [0.2, 0.25) is 0 Å². The quantitative estimate of drug-likeness (QED) is 0.523. The van der Waals surface area contributed by atoms with Crippen molar-refractivity contribution in [3.63, 3.8) is 0 Å². The van der Waals surface area contributed by atoms with Gasteiger partial charge in [-0.15, -0.1) is 0 Å². The predicted octanol–water partition coefficient (Wildman–Crippen LogP) is 3.94. The molecule has 4 aliphatic carbocycles. The van der Waals surface area contributed by atoms with Crippen molar-refractivity contribution < 1.29 is 25.2 Å². The number of hydrogen-bond acceptors (Lipinski definition) is 4. The molecule has 4 aliphatic rings. The summed E-state index contributed by atoms with van der Waals surface area (Å²) >= 11 is 0. The van der Waals surface area contributed by atoms with Gasteiger partial charge >= 0.3 is 5.97 Å². The van der Waals surface area contributed by atoms with Crippen molar-refractivity contribution in [1.82, 2.24) is 0 Å². The van der Waals surface area contributed by atoms with E-state index in [1.165, 1.54) is 0 Å². The molecule has 4 fully saturated rings. The van der Waals surface area contributed by atoms with Crippen molar-refractivity contribution >= 4 is 5.97 Å². The third kappa shape index (κ3) is 3.77. The van der Waals surface area contributed by atoms with E-state index in [1.807, 2.05) is 0 Å². The van der Waals surface area contributed by atoms with Gasteiger partial charge in [-0.3, -0.25) is 4.79 Å². The van der Waals surface area contributed by atoms with E-state index in [4.69, 9.17) is 0 Å². The molecule has 0 saturated heterocycles. The second-order valence-electron chi connectivity index (χ2n) is 12.0. The van der Waals surface area contributed by atoms with Crippen LogP contribution >= 0.6 is 0 Å². The molecule has 0 unspecified atom stereocenters. The summed E-state index contributed by atoms with van der Waals surface area (Å²) < 4.78 is 0. The van der Waals surface area contributed by atoms with Crippen LogP contribution in [0, 0.1) is 58.7 Å². The molecule has 5 heteroatoms. The van der Waals surface area contributed by atoms with Gasteiger partial charge in [0.05, 0.1) is 24.2 Å². The Kier molecular flexibility index (Phi) is 6.53.